The van der Waals surface area contributed by atoms with E-state index in [9.17, 15) is 4.79 Å². The Kier molecular flexibility index (Phi) is 6.98. The van der Waals surface area contributed by atoms with Gasteiger partial charge in [0.15, 0.2) is 0 Å². The minimum Gasteiger partial charge on any atom is -0.508 e. The van der Waals surface area contributed by atoms with Crippen molar-refractivity contribution in [1.29, 1.82) is 0 Å². The number of aromatic hydroxyl groups is 1. The molecule has 96 valence electrons. The monoisotopic (exact) mass is 238 g/mol. The van der Waals surface area contributed by atoms with E-state index in [0.717, 1.165) is 24.8 Å². The van der Waals surface area contributed by atoms with Crippen LogP contribution >= 0.6 is 0 Å². The number of rotatable bonds is 6. The molecule has 0 saturated heterocycles. The Morgan fingerprint density at radius 3 is 2.41 bits per heavy atom. The van der Waals surface area contributed by atoms with E-state index in [2.05, 4.69) is 6.92 Å². The average molecular weight is 238 g/mol. The van der Waals surface area contributed by atoms with Gasteiger partial charge in [0.1, 0.15) is 5.75 Å². The lowest BCUT2D eigenvalue weighted by Gasteiger charge is -2.12. The Labute approximate surface area is 102 Å². The van der Waals surface area contributed by atoms with Gasteiger partial charge >= 0.3 is 0 Å². The third-order valence-corrected chi connectivity index (χ3v) is 2.73. The standard InChI is InChI=1S/C13H19NO2.H3N/c1-2-3-4-11(13(14)16)9-10-5-7-12(15)8-6-10;/h5-8,11,15H,2-4,9H2,1H3,(H2,14,16);1H3. The fourth-order valence-electron chi connectivity index (χ4n) is 1.71. The van der Waals surface area contributed by atoms with Crippen molar-refractivity contribution >= 4 is 5.91 Å². The lowest BCUT2D eigenvalue weighted by Crippen LogP contribution is -2.25. The topological polar surface area (TPSA) is 98.3 Å². The lowest BCUT2D eigenvalue weighted by atomic mass is 9.93. The van der Waals surface area contributed by atoms with Crippen molar-refractivity contribution in [2.45, 2.75) is 32.6 Å². The molecule has 4 nitrogen and oxygen atoms in total. The number of primary amides is 1. The maximum Gasteiger partial charge on any atom is 0.220 e. The highest BCUT2D eigenvalue weighted by molar-refractivity contribution is 5.76. The molecule has 0 spiro atoms. The molecule has 0 aliphatic heterocycles. The summed E-state index contributed by atoms with van der Waals surface area (Å²) in [5.74, 6) is -0.0843. The van der Waals surface area contributed by atoms with Crippen LogP contribution in [0.3, 0.4) is 0 Å². The fourth-order valence-corrected chi connectivity index (χ4v) is 1.71. The largest absolute Gasteiger partial charge is 0.508 e. The zero-order valence-corrected chi connectivity index (χ0v) is 10.4. The minimum atomic E-state index is -0.235. The van der Waals surface area contributed by atoms with Crippen molar-refractivity contribution in [2.75, 3.05) is 0 Å². The second kappa shape index (κ2) is 7.68. The minimum absolute atomic E-state index is 0. The van der Waals surface area contributed by atoms with Crippen LogP contribution in [0.1, 0.15) is 31.7 Å². The number of benzene rings is 1. The van der Waals surface area contributed by atoms with Crippen LogP contribution in [0.4, 0.5) is 0 Å². The molecule has 1 amide bonds. The Morgan fingerprint density at radius 2 is 1.94 bits per heavy atom. The van der Waals surface area contributed by atoms with Crippen LogP contribution in [-0.2, 0) is 11.2 Å². The maximum absolute atomic E-state index is 11.2. The van der Waals surface area contributed by atoms with E-state index in [4.69, 9.17) is 10.8 Å². The number of hydrogen-bond donors (Lipinski definition) is 3. The van der Waals surface area contributed by atoms with Crippen molar-refractivity contribution in [3.8, 4) is 5.75 Å². The SMILES string of the molecule is CCCCC(Cc1ccc(O)cc1)C(N)=O.N. The lowest BCUT2D eigenvalue weighted by molar-refractivity contribution is -0.122. The summed E-state index contributed by atoms with van der Waals surface area (Å²) in [6, 6.07) is 6.93. The Bertz CT molecular complexity index is 336. The summed E-state index contributed by atoms with van der Waals surface area (Å²) >= 11 is 0. The molecule has 0 saturated carbocycles. The van der Waals surface area contributed by atoms with Crippen LogP contribution in [0.5, 0.6) is 5.75 Å². The highest BCUT2D eigenvalue weighted by Gasteiger charge is 2.15. The molecular formula is C13H22N2O2. The number of carbonyl (C=O) groups is 1. The zero-order valence-electron chi connectivity index (χ0n) is 10.4. The van der Waals surface area contributed by atoms with E-state index >= 15 is 0 Å². The maximum atomic E-state index is 11.2. The second-order valence-electron chi connectivity index (χ2n) is 4.11. The van der Waals surface area contributed by atoms with Crippen LogP contribution < -0.4 is 11.9 Å². The zero-order chi connectivity index (χ0) is 12.0. The van der Waals surface area contributed by atoms with Gasteiger partial charge in [-0.25, -0.2) is 0 Å². The molecule has 1 atom stereocenters. The predicted molar refractivity (Wildman–Crippen MR) is 69.0 cm³/mol. The molecule has 6 N–H and O–H groups in total. The van der Waals surface area contributed by atoms with Gasteiger partial charge in [0.05, 0.1) is 0 Å². The first kappa shape index (κ1) is 15.4. The number of unbranched alkanes of at least 4 members (excludes halogenated alkanes) is 1. The first-order valence-electron chi connectivity index (χ1n) is 5.70. The number of hydrogen-bond acceptors (Lipinski definition) is 3. The molecule has 1 rings (SSSR count). The summed E-state index contributed by atoms with van der Waals surface area (Å²) in [5, 5.41) is 9.15. The van der Waals surface area contributed by atoms with Gasteiger partial charge in [-0.2, -0.15) is 0 Å². The summed E-state index contributed by atoms with van der Waals surface area (Å²) < 4.78 is 0. The Hall–Kier alpha value is -1.55. The molecule has 0 heterocycles. The van der Waals surface area contributed by atoms with Gasteiger partial charge in [0.2, 0.25) is 5.91 Å². The van der Waals surface area contributed by atoms with E-state index in [0.29, 0.717) is 6.42 Å². The van der Waals surface area contributed by atoms with E-state index in [1.165, 1.54) is 0 Å². The average Bonchev–Trinajstić information content (AvgIpc) is 2.26. The summed E-state index contributed by atoms with van der Waals surface area (Å²) in [6.45, 7) is 2.10. The van der Waals surface area contributed by atoms with Gasteiger partial charge in [-0.05, 0) is 30.5 Å². The van der Waals surface area contributed by atoms with E-state index in [-0.39, 0.29) is 23.7 Å². The van der Waals surface area contributed by atoms with Crippen molar-refractivity contribution in [3.05, 3.63) is 29.8 Å². The number of phenolic OH excluding ortho intramolecular Hbond substituents is 1. The molecule has 0 aromatic heterocycles. The molecule has 0 aliphatic rings. The quantitative estimate of drug-likeness (QED) is 0.709. The first-order chi connectivity index (χ1) is 7.63. The van der Waals surface area contributed by atoms with Crippen LogP contribution in [0.2, 0.25) is 0 Å². The van der Waals surface area contributed by atoms with E-state index in [1.54, 1.807) is 12.1 Å². The van der Waals surface area contributed by atoms with E-state index in [1.807, 2.05) is 12.1 Å². The molecule has 1 aromatic rings. The van der Waals surface area contributed by atoms with Gasteiger partial charge in [0, 0.05) is 5.92 Å². The predicted octanol–water partition coefficient (Wildman–Crippen LogP) is 2.39. The molecule has 1 aromatic carbocycles. The Balaban J connectivity index is 0.00000256. The van der Waals surface area contributed by atoms with Crippen LogP contribution in [0, 0.1) is 5.92 Å². The Morgan fingerprint density at radius 1 is 1.35 bits per heavy atom. The summed E-state index contributed by atoms with van der Waals surface area (Å²) in [4.78, 5) is 11.2. The molecule has 0 fully saturated rings. The van der Waals surface area contributed by atoms with Gasteiger partial charge in [-0.1, -0.05) is 31.9 Å². The molecule has 0 radical (unpaired) electrons. The highest BCUT2D eigenvalue weighted by atomic mass is 16.3. The molecule has 17 heavy (non-hydrogen) atoms. The molecule has 4 heteroatoms. The van der Waals surface area contributed by atoms with Crippen LogP contribution in [-0.4, -0.2) is 11.0 Å². The van der Waals surface area contributed by atoms with Crippen molar-refractivity contribution in [1.82, 2.24) is 6.15 Å². The molecule has 0 aliphatic carbocycles. The molecule has 1 unspecified atom stereocenters. The van der Waals surface area contributed by atoms with Crippen LogP contribution in [0.25, 0.3) is 0 Å². The smallest absolute Gasteiger partial charge is 0.220 e. The van der Waals surface area contributed by atoms with Gasteiger partial charge in [0.25, 0.3) is 0 Å². The van der Waals surface area contributed by atoms with Gasteiger partial charge in [-0.15, -0.1) is 0 Å². The molecule has 0 bridgehead atoms. The van der Waals surface area contributed by atoms with Crippen molar-refractivity contribution in [3.63, 3.8) is 0 Å². The molecular weight excluding hydrogens is 216 g/mol. The van der Waals surface area contributed by atoms with E-state index < -0.39 is 0 Å². The second-order valence-corrected chi connectivity index (χ2v) is 4.11. The summed E-state index contributed by atoms with van der Waals surface area (Å²) in [6.07, 6.45) is 3.59. The van der Waals surface area contributed by atoms with Crippen molar-refractivity contribution < 1.29 is 9.90 Å². The summed E-state index contributed by atoms with van der Waals surface area (Å²) in [5.41, 5.74) is 6.41. The van der Waals surface area contributed by atoms with Gasteiger partial charge in [-0.3, -0.25) is 4.79 Å². The number of phenols is 1. The van der Waals surface area contributed by atoms with Gasteiger partial charge < -0.3 is 17.0 Å². The third-order valence-electron chi connectivity index (χ3n) is 2.73. The normalized spacial score (nSPS) is 11.6. The summed E-state index contributed by atoms with van der Waals surface area (Å²) in [7, 11) is 0. The number of nitrogens with two attached hydrogens (primary N) is 1. The third kappa shape index (κ3) is 5.36. The number of carbonyl (C=O) groups excluding carboxylic acids is 1. The highest BCUT2D eigenvalue weighted by Crippen LogP contribution is 2.17. The first-order valence-corrected chi connectivity index (χ1v) is 5.70. The van der Waals surface area contributed by atoms with Crippen LogP contribution in [0.15, 0.2) is 24.3 Å². The fraction of sp³-hybridized carbons (Fsp3) is 0.462. The van der Waals surface area contributed by atoms with Crippen molar-refractivity contribution in [2.24, 2.45) is 11.7 Å². The number of amides is 1.